The molecule has 0 aromatic heterocycles. The molecule has 1 fully saturated rings. The number of benzene rings is 1. The third kappa shape index (κ3) is 3.47. The molecule has 0 amide bonds. The molecule has 110 valence electrons. The average molecular weight is 298 g/mol. The van der Waals surface area contributed by atoms with Gasteiger partial charge in [0.05, 0.1) is 9.82 Å². The molecule has 2 rings (SSSR count). The standard InChI is InChI=1S/C13H18N2O4S/c1-9(10-3-4-10)8-14-12-6-5-11(20(2,18)19)7-13(12)15(16)17/h5-7,9-10,14H,3-4,8H2,1-2H3. The summed E-state index contributed by atoms with van der Waals surface area (Å²) in [7, 11) is -3.44. The molecule has 0 saturated heterocycles. The van der Waals surface area contributed by atoms with Gasteiger partial charge < -0.3 is 5.32 Å². The van der Waals surface area contributed by atoms with Crippen molar-refractivity contribution >= 4 is 21.2 Å². The smallest absolute Gasteiger partial charge is 0.293 e. The molecule has 20 heavy (non-hydrogen) atoms. The third-order valence-electron chi connectivity index (χ3n) is 3.64. The van der Waals surface area contributed by atoms with E-state index in [-0.39, 0.29) is 10.6 Å². The van der Waals surface area contributed by atoms with Gasteiger partial charge in [0.25, 0.3) is 5.69 Å². The fourth-order valence-electron chi connectivity index (χ4n) is 2.15. The maximum Gasteiger partial charge on any atom is 0.293 e. The number of nitro benzene ring substituents is 1. The fourth-order valence-corrected chi connectivity index (χ4v) is 2.79. The van der Waals surface area contributed by atoms with Gasteiger partial charge >= 0.3 is 0 Å². The van der Waals surface area contributed by atoms with E-state index >= 15 is 0 Å². The first kappa shape index (κ1) is 14.8. The molecule has 1 unspecified atom stereocenters. The summed E-state index contributed by atoms with van der Waals surface area (Å²) in [6.07, 6.45) is 3.48. The Kier molecular flexibility index (Phi) is 3.99. The summed E-state index contributed by atoms with van der Waals surface area (Å²) < 4.78 is 22.9. The van der Waals surface area contributed by atoms with Gasteiger partial charge in [0.1, 0.15) is 5.69 Å². The molecule has 0 radical (unpaired) electrons. The van der Waals surface area contributed by atoms with E-state index in [0.717, 1.165) is 12.3 Å². The van der Waals surface area contributed by atoms with Crippen molar-refractivity contribution in [2.24, 2.45) is 11.8 Å². The Labute approximate surface area is 118 Å². The van der Waals surface area contributed by atoms with Crippen molar-refractivity contribution in [3.05, 3.63) is 28.3 Å². The van der Waals surface area contributed by atoms with Gasteiger partial charge in [-0.1, -0.05) is 6.92 Å². The molecule has 1 N–H and O–H groups in total. The number of nitro groups is 1. The van der Waals surface area contributed by atoms with Gasteiger partial charge in [-0.3, -0.25) is 10.1 Å². The Morgan fingerprint density at radius 1 is 1.45 bits per heavy atom. The predicted octanol–water partition coefficient (Wildman–Crippen LogP) is 2.46. The van der Waals surface area contributed by atoms with Crippen LogP contribution in [0.3, 0.4) is 0 Å². The topological polar surface area (TPSA) is 89.3 Å². The molecule has 1 aliphatic carbocycles. The number of sulfone groups is 1. The Balaban J connectivity index is 2.21. The Bertz CT molecular complexity index is 623. The third-order valence-corrected chi connectivity index (χ3v) is 4.75. The lowest BCUT2D eigenvalue weighted by Crippen LogP contribution is -2.14. The van der Waals surface area contributed by atoms with Gasteiger partial charge in [0, 0.05) is 18.9 Å². The minimum Gasteiger partial charge on any atom is -0.379 e. The maximum atomic E-state index is 11.4. The van der Waals surface area contributed by atoms with Crippen molar-refractivity contribution in [1.29, 1.82) is 0 Å². The molecule has 0 spiro atoms. The van der Waals surface area contributed by atoms with E-state index in [0.29, 0.717) is 24.1 Å². The minimum atomic E-state index is -3.44. The lowest BCUT2D eigenvalue weighted by atomic mass is 10.1. The molecular weight excluding hydrogens is 280 g/mol. The van der Waals surface area contributed by atoms with E-state index < -0.39 is 14.8 Å². The first-order valence-corrected chi connectivity index (χ1v) is 8.40. The number of rotatable bonds is 6. The van der Waals surface area contributed by atoms with Crippen LogP contribution in [0.2, 0.25) is 0 Å². The summed E-state index contributed by atoms with van der Waals surface area (Å²) >= 11 is 0. The van der Waals surface area contributed by atoms with Crippen molar-refractivity contribution in [3.63, 3.8) is 0 Å². The molecule has 6 nitrogen and oxygen atoms in total. The van der Waals surface area contributed by atoms with Crippen LogP contribution < -0.4 is 5.32 Å². The maximum absolute atomic E-state index is 11.4. The number of nitrogens with zero attached hydrogens (tertiary/aromatic N) is 1. The van der Waals surface area contributed by atoms with Crippen LogP contribution in [-0.4, -0.2) is 26.1 Å². The molecule has 1 aromatic carbocycles. The highest BCUT2D eigenvalue weighted by molar-refractivity contribution is 7.90. The second-order valence-electron chi connectivity index (χ2n) is 5.40. The number of hydrogen-bond donors (Lipinski definition) is 1. The zero-order valence-electron chi connectivity index (χ0n) is 11.5. The summed E-state index contributed by atoms with van der Waals surface area (Å²) in [4.78, 5) is 10.5. The van der Waals surface area contributed by atoms with E-state index in [1.165, 1.54) is 25.0 Å². The van der Waals surface area contributed by atoms with Crippen molar-refractivity contribution in [2.75, 3.05) is 18.1 Å². The van der Waals surface area contributed by atoms with Gasteiger partial charge in [-0.2, -0.15) is 0 Å². The van der Waals surface area contributed by atoms with Gasteiger partial charge in [-0.15, -0.1) is 0 Å². The highest BCUT2D eigenvalue weighted by Gasteiger charge is 2.28. The molecule has 0 heterocycles. The molecular formula is C13H18N2O4S. The van der Waals surface area contributed by atoms with Gasteiger partial charge in [0.2, 0.25) is 0 Å². The quantitative estimate of drug-likeness (QED) is 0.643. The van der Waals surface area contributed by atoms with E-state index in [1.807, 2.05) is 0 Å². The average Bonchev–Trinajstić information content (AvgIpc) is 3.18. The van der Waals surface area contributed by atoms with E-state index in [2.05, 4.69) is 12.2 Å². The van der Waals surface area contributed by atoms with Crippen LogP contribution in [0, 0.1) is 22.0 Å². The Morgan fingerprint density at radius 2 is 2.10 bits per heavy atom. The summed E-state index contributed by atoms with van der Waals surface area (Å²) in [5, 5.41) is 14.1. The van der Waals surface area contributed by atoms with Crippen LogP contribution in [0.15, 0.2) is 23.1 Å². The summed E-state index contributed by atoms with van der Waals surface area (Å²) in [6.45, 7) is 2.77. The highest BCUT2D eigenvalue weighted by Crippen LogP contribution is 2.37. The second-order valence-corrected chi connectivity index (χ2v) is 7.42. The Hall–Kier alpha value is -1.63. The van der Waals surface area contributed by atoms with Crippen LogP contribution in [-0.2, 0) is 9.84 Å². The number of hydrogen-bond acceptors (Lipinski definition) is 5. The molecule has 1 aromatic rings. The van der Waals surface area contributed by atoms with Crippen molar-refractivity contribution in [1.82, 2.24) is 0 Å². The van der Waals surface area contributed by atoms with Crippen molar-refractivity contribution in [3.8, 4) is 0 Å². The van der Waals surface area contributed by atoms with Gasteiger partial charge in [0.15, 0.2) is 9.84 Å². The lowest BCUT2D eigenvalue weighted by molar-refractivity contribution is -0.384. The SMILES string of the molecule is CC(CNc1ccc(S(C)(=O)=O)cc1[N+](=O)[O-])C1CC1. The van der Waals surface area contributed by atoms with Crippen LogP contribution in [0.5, 0.6) is 0 Å². The Morgan fingerprint density at radius 3 is 2.60 bits per heavy atom. The van der Waals surface area contributed by atoms with Crippen LogP contribution in [0.25, 0.3) is 0 Å². The van der Waals surface area contributed by atoms with Crippen LogP contribution >= 0.6 is 0 Å². The first-order chi connectivity index (χ1) is 9.29. The summed E-state index contributed by atoms with van der Waals surface area (Å²) in [5.74, 6) is 1.17. The summed E-state index contributed by atoms with van der Waals surface area (Å²) in [6, 6.07) is 3.97. The lowest BCUT2D eigenvalue weighted by Gasteiger charge is -2.13. The zero-order chi connectivity index (χ0) is 14.9. The first-order valence-electron chi connectivity index (χ1n) is 6.51. The minimum absolute atomic E-state index is 0.0370. The van der Waals surface area contributed by atoms with E-state index in [1.54, 1.807) is 0 Å². The molecule has 0 bridgehead atoms. The molecule has 7 heteroatoms. The monoisotopic (exact) mass is 298 g/mol. The van der Waals surface area contributed by atoms with Crippen LogP contribution in [0.4, 0.5) is 11.4 Å². The number of anilines is 1. The van der Waals surface area contributed by atoms with E-state index in [9.17, 15) is 18.5 Å². The summed E-state index contributed by atoms with van der Waals surface area (Å²) in [5.41, 5.74) is 0.172. The van der Waals surface area contributed by atoms with E-state index in [4.69, 9.17) is 0 Å². The normalized spacial score (nSPS) is 16.7. The number of nitrogens with one attached hydrogen (secondary N) is 1. The second kappa shape index (κ2) is 5.40. The molecule has 1 saturated carbocycles. The molecule has 1 atom stereocenters. The van der Waals surface area contributed by atoms with Crippen LogP contribution in [0.1, 0.15) is 19.8 Å². The predicted molar refractivity (Wildman–Crippen MR) is 76.6 cm³/mol. The van der Waals surface area contributed by atoms with Crippen molar-refractivity contribution < 1.29 is 13.3 Å². The molecule has 0 aliphatic heterocycles. The highest BCUT2D eigenvalue weighted by atomic mass is 32.2. The van der Waals surface area contributed by atoms with Gasteiger partial charge in [-0.05, 0) is 36.8 Å². The van der Waals surface area contributed by atoms with Crippen molar-refractivity contribution in [2.45, 2.75) is 24.7 Å². The fraction of sp³-hybridized carbons (Fsp3) is 0.538. The zero-order valence-corrected chi connectivity index (χ0v) is 12.3. The molecule has 1 aliphatic rings. The largest absolute Gasteiger partial charge is 0.379 e. The van der Waals surface area contributed by atoms with Gasteiger partial charge in [-0.25, -0.2) is 8.42 Å².